The maximum atomic E-state index is 11.5. The molecule has 1 saturated carbocycles. The van der Waals surface area contributed by atoms with E-state index in [0.29, 0.717) is 13.1 Å². The van der Waals surface area contributed by atoms with Crippen LogP contribution in [0.3, 0.4) is 0 Å². The summed E-state index contributed by atoms with van der Waals surface area (Å²) < 4.78 is 0. The highest BCUT2D eigenvalue weighted by Crippen LogP contribution is 2.28. The minimum atomic E-state index is 0. The van der Waals surface area contributed by atoms with E-state index in [1.807, 2.05) is 6.07 Å². The quantitative estimate of drug-likeness (QED) is 0.223. The zero-order chi connectivity index (χ0) is 16.8. The smallest absolute Gasteiger partial charge is 0.223 e. The summed E-state index contributed by atoms with van der Waals surface area (Å²) in [6.45, 7) is 2.10. The number of hydrogen-bond acceptors (Lipinski definition) is 2. The second-order valence-corrected chi connectivity index (χ2v) is 6.10. The molecule has 0 atom stereocenters. The molecule has 1 heterocycles. The van der Waals surface area contributed by atoms with Crippen LogP contribution in [0.5, 0.6) is 0 Å². The van der Waals surface area contributed by atoms with Crippen molar-refractivity contribution < 1.29 is 4.79 Å². The first-order chi connectivity index (χ1) is 11.8. The molecule has 0 spiro atoms. The Balaban J connectivity index is 0.00000225. The minimum absolute atomic E-state index is 0. The van der Waals surface area contributed by atoms with Crippen LogP contribution in [0.15, 0.2) is 35.5 Å². The monoisotopic (exact) mass is 455 g/mol. The maximum Gasteiger partial charge on any atom is 0.223 e. The molecule has 136 valence electrons. The summed E-state index contributed by atoms with van der Waals surface area (Å²) in [6, 6.07) is 8.32. The summed E-state index contributed by atoms with van der Waals surface area (Å²) in [4.78, 5) is 19.0. The minimum Gasteiger partial charge on any atom is -0.361 e. The molecule has 0 saturated heterocycles. The van der Waals surface area contributed by atoms with Crippen molar-refractivity contribution in [3.63, 3.8) is 0 Å². The number of benzene rings is 1. The van der Waals surface area contributed by atoms with E-state index in [1.165, 1.54) is 16.5 Å². The molecule has 25 heavy (non-hydrogen) atoms. The topological polar surface area (TPSA) is 81.3 Å². The standard InChI is InChI=1S/C18H25N5O.HI/c1-19-18(22-11-10-20-17(24)13-6-7-13)21-9-8-14-12-23-16-5-3-2-4-15(14)16;/h2-5,12-13,23H,6-11H2,1H3,(H,20,24)(H2,19,21,22);1H. The van der Waals surface area contributed by atoms with Gasteiger partial charge in [0.1, 0.15) is 0 Å². The van der Waals surface area contributed by atoms with E-state index in [9.17, 15) is 4.79 Å². The number of H-pyrrole nitrogens is 1. The number of halogens is 1. The first-order valence-corrected chi connectivity index (χ1v) is 8.55. The summed E-state index contributed by atoms with van der Waals surface area (Å²) in [5, 5.41) is 10.7. The number of guanidine groups is 1. The van der Waals surface area contributed by atoms with Gasteiger partial charge in [0.2, 0.25) is 5.91 Å². The van der Waals surface area contributed by atoms with Crippen LogP contribution in [0.25, 0.3) is 10.9 Å². The Morgan fingerprint density at radius 3 is 2.64 bits per heavy atom. The predicted octanol–water partition coefficient (Wildman–Crippen LogP) is 2.02. The third kappa shape index (κ3) is 5.62. The van der Waals surface area contributed by atoms with Crippen LogP contribution in [0.4, 0.5) is 0 Å². The normalized spacial score (nSPS) is 14.0. The number of nitrogens with one attached hydrogen (secondary N) is 4. The predicted molar refractivity (Wildman–Crippen MR) is 113 cm³/mol. The van der Waals surface area contributed by atoms with Gasteiger partial charge in [-0.1, -0.05) is 18.2 Å². The van der Waals surface area contributed by atoms with Crippen LogP contribution in [-0.4, -0.2) is 43.5 Å². The van der Waals surface area contributed by atoms with E-state index in [1.54, 1.807) is 7.05 Å². The summed E-state index contributed by atoms with van der Waals surface area (Å²) in [7, 11) is 1.75. The lowest BCUT2D eigenvalue weighted by Crippen LogP contribution is -2.42. The van der Waals surface area contributed by atoms with Crippen molar-refractivity contribution in [3.05, 3.63) is 36.0 Å². The van der Waals surface area contributed by atoms with Gasteiger partial charge in [-0.3, -0.25) is 9.79 Å². The highest BCUT2D eigenvalue weighted by molar-refractivity contribution is 14.0. The number of hydrogen-bond donors (Lipinski definition) is 4. The third-order valence-electron chi connectivity index (χ3n) is 4.25. The Morgan fingerprint density at radius 1 is 1.16 bits per heavy atom. The van der Waals surface area contributed by atoms with Gasteiger partial charge in [-0.25, -0.2) is 0 Å². The Hall–Kier alpha value is -1.77. The number of carbonyl (C=O) groups is 1. The molecule has 6 nitrogen and oxygen atoms in total. The van der Waals surface area contributed by atoms with Gasteiger partial charge < -0.3 is 20.9 Å². The van der Waals surface area contributed by atoms with E-state index < -0.39 is 0 Å². The van der Waals surface area contributed by atoms with Crippen LogP contribution < -0.4 is 16.0 Å². The van der Waals surface area contributed by atoms with Crippen molar-refractivity contribution in [2.45, 2.75) is 19.3 Å². The number of fused-ring (bicyclic) bond motifs is 1. The summed E-state index contributed by atoms with van der Waals surface area (Å²) >= 11 is 0. The van der Waals surface area contributed by atoms with Crippen molar-refractivity contribution in [1.29, 1.82) is 0 Å². The van der Waals surface area contributed by atoms with Gasteiger partial charge in [0.25, 0.3) is 0 Å². The number of aromatic amines is 1. The van der Waals surface area contributed by atoms with Crippen molar-refractivity contribution >= 4 is 46.7 Å². The molecule has 1 amide bonds. The fraction of sp³-hybridized carbons (Fsp3) is 0.444. The Kier molecular flexibility index (Phi) is 7.54. The second kappa shape index (κ2) is 9.65. The van der Waals surface area contributed by atoms with Gasteiger partial charge in [0.15, 0.2) is 5.96 Å². The van der Waals surface area contributed by atoms with Crippen LogP contribution in [0.1, 0.15) is 18.4 Å². The Morgan fingerprint density at radius 2 is 1.88 bits per heavy atom. The second-order valence-electron chi connectivity index (χ2n) is 6.10. The largest absolute Gasteiger partial charge is 0.361 e. The molecule has 1 aromatic heterocycles. The molecule has 1 aliphatic rings. The summed E-state index contributed by atoms with van der Waals surface area (Å²) in [5.41, 5.74) is 2.46. The number of para-hydroxylation sites is 1. The van der Waals surface area contributed by atoms with Gasteiger partial charge in [-0.15, -0.1) is 24.0 Å². The van der Waals surface area contributed by atoms with Gasteiger partial charge in [0.05, 0.1) is 0 Å². The molecule has 7 heteroatoms. The lowest BCUT2D eigenvalue weighted by Gasteiger charge is -2.12. The number of amides is 1. The van der Waals surface area contributed by atoms with Crippen LogP contribution >= 0.6 is 24.0 Å². The van der Waals surface area contributed by atoms with Crippen LogP contribution in [0, 0.1) is 5.92 Å². The molecular weight excluding hydrogens is 429 g/mol. The zero-order valence-corrected chi connectivity index (χ0v) is 16.8. The third-order valence-corrected chi connectivity index (χ3v) is 4.25. The summed E-state index contributed by atoms with van der Waals surface area (Å²) in [5.74, 6) is 1.20. The number of aliphatic imine (C=N–C) groups is 1. The fourth-order valence-electron chi connectivity index (χ4n) is 2.73. The number of rotatable bonds is 7. The molecular formula is C18H26IN5O. The van der Waals surface area contributed by atoms with E-state index in [4.69, 9.17) is 0 Å². The van der Waals surface area contributed by atoms with Gasteiger partial charge in [0, 0.05) is 49.7 Å². The molecule has 3 rings (SSSR count). The van der Waals surface area contributed by atoms with Crippen molar-refractivity contribution in [1.82, 2.24) is 20.9 Å². The van der Waals surface area contributed by atoms with Crippen molar-refractivity contribution in [3.8, 4) is 0 Å². The highest BCUT2D eigenvalue weighted by atomic mass is 127. The van der Waals surface area contributed by atoms with Gasteiger partial charge in [-0.05, 0) is 30.9 Å². The Labute approximate surface area is 165 Å². The molecule has 1 fully saturated rings. The van der Waals surface area contributed by atoms with E-state index in [0.717, 1.165) is 31.8 Å². The molecule has 1 aliphatic carbocycles. The average molecular weight is 455 g/mol. The number of nitrogens with zero attached hydrogens (tertiary/aromatic N) is 1. The fourth-order valence-corrected chi connectivity index (χ4v) is 2.73. The summed E-state index contributed by atoms with van der Waals surface area (Å²) in [6.07, 6.45) is 5.06. The molecule has 4 N–H and O–H groups in total. The molecule has 0 unspecified atom stereocenters. The first kappa shape index (κ1) is 19.6. The highest BCUT2D eigenvalue weighted by Gasteiger charge is 2.28. The molecule has 0 aliphatic heterocycles. The number of carbonyl (C=O) groups excluding carboxylic acids is 1. The van der Waals surface area contributed by atoms with Crippen LogP contribution in [0.2, 0.25) is 0 Å². The Bertz CT molecular complexity index is 723. The van der Waals surface area contributed by atoms with Crippen molar-refractivity contribution in [2.24, 2.45) is 10.9 Å². The van der Waals surface area contributed by atoms with Crippen molar-refractivity contribution in [2.75, 3.05) is 26.7 Å². The van der Waals surface area contributed by atoms with Gasteiger partial charge in [-0.2, -0.15) is 0 Å². The molecule has 1 aromatic carbocycles. The number of aromatic nitrogens is 1. The molecule has 0 bridgehead atoms. The molecule has 2 aromatic rings. The molecule has 0 radical (unpaired) electrons. The first-order valence-electron chi connectivity index (χ1n) is 8.55. The van der Waals surface area contributed by atoms with E-state index in [2.05, 4.69) is 50.3 Å². The van der Waals surface area contributed by atoms with E-state index >= 15 is 0 Å². The lowest BCUT2D eigenvalue weighted by atomic mass is 10.1. The van der Waals surface area contributed by atoms with Gasteiger partial charge >= 0.3 is 0 Å². The average Bonchev–Trinajstić information content (AvgIpc) is 3.38. The maximum absolute atomic E-state index is 11.5. The lowest BCUT2D eigenvalue weighted by molar-refractivity contribution is -0.122. The SMILES string of the molecule is CN=C(NCCNC(=O)C1CC1)NCCc1c[nH]c2ccccc12.I. The van der Waals surface area contributed by atoms with Crippen LogP contribution in [-0.2, 0) is 11.2 Å². The zero-order valence-electron chi connectivity index (χ0n) is 14.5. The van der Waals surface area contributed by atoms with E-state index in [-0.39, 0.29) is 35.8 Å².